The number of alkyl halides is 2. The van der Waals surface area contributed by atoms with E-state index in [1.165, 1.54) is 0 Å². The lowest BCUT2D eigenvalue weighted by Gasteiger charge is -2.28. The number of nitrogens with zero attached hydrogens (tertiary/aromatic N) is 4. The maximum absolute atomic E-state index is 13.1. The van der Waals surface area contributed by atoms with Gasteiger partial charge < -0.3 is 4.90 Å². The third kappa shape index (κ3) is 2.32. The molecule has 1 aromatic rings. The summed E-state index contributed by atoms with van der Waals surface area (Å²) >= 11 is 0. The summed E-state index contributed by atoms with van der Waals surface area (Å²) in [4.78, 5) is 18.0. The third-order valence-corrected chi connectivity index (χ3v) is 3.49. The van der Waals surface area contributed by atoms with Crippen LogP contribution in [-0.2, 0) is 17.9 Å². The molecule has 1 amide bonds. The second-order valence-electron chi connectivity index (χ2n) is 5.05. The van der Waals surface area contributed by atoms with E-state index in [0.717, 1.165) is 0 Å². The molecular formula is C11H15F2N5O. The van der Waals surface area contributed by atoms with Crippen LogP contribution in [-0.4, -0.2) is 50.6 Å². The van der Waals surface area contributed by atoms with Gasteiger partial charge >= 0.3 is 0 Å². The molecule has 1 fully saturated rings. The van der Waals surface area contributed by atoms with Crippen molar-refractivity contribution >= 4 is 5.91 Å². The van der Waals surface area contributed by atoms with Crippen molar-refractivity contribution in [2.45, 2.75) is 38.4 Å². The fourth-order valence-corrected chi connectivity index (χ4v) is 2.56. The van der Waals surface area contributed by atoms with Gasteiger partial charge in [-0.1, -0.05) is 0 Å². The minimum Gasteiger partial charge on any atom is -0.332 e. The SMILES string of the molecule is Cc1nc2n(n1)CCN(C(=O)C1CC(F)(F)CN1)C2. The molecule has 104 valence electrons. The van der Waals surface area contributed by atoms with Crippen molar-refractivity contribution in [2.75, 3.05) is 13.1 Å². The molecule has 1 N–H and O–H groups in total. The minimum atomic E-state index is -2.78. The van der Waals surface area contributed by atoms with Crippen molar-refractivity contribution in [1.82, 2.24) is 25.0 Å². The molecular weight excluding hydrogens is 256 g/mol. The zero-order chi connectivity index (χ0) is 13.6. The predicted octanol–water partition coefficient (Wildman–Crippen LogP) is -0.0741. The number of nitrogens with one attached hydrogen (secondary N) is 1. The molecule has 1 aromatic heterocycles. The highest BCUT2D eigenvalue weighted by Gasteiger charge is 2.43. The Morgan fingerprint density at radius 1 is 1.47 bits per heavy atom. The van der Waals surface area contributed by atoms with E-state index in [2.05, 4.69) is 15.4 Å². The smallest absolute Gasteiger partial charge is 0.262 e. The molecule has 3 rings (SSSR count). The molecule has 0 radical (unpaired) electrons. The highest BCUT2D eigenvalue weighted by Crippen LogP contribution is 2.26. The molecule has 1 saturated heterocycles. The van der Waals surface area contributed by atoms with Crippen molar-refractivity contribution in [3.63, 3.8) is 0 Å². The van der Waals surface area contributed by atoms with E-state index < -0.39 is 24.9 Å². The molecule has 6 nitrogen and oxygen atoms in total. The normalized spacial score (nSPS) is 25.4. The van der Waals surface area contributed by atoms with Crippen molar-refractivity contribution < 1.29 is 13.6 Å². The third-order valence-electron chi connectivity index (χ3n) is 3.49. The zero-order valence-electron chi connectivity index (χ0n) is 10.6. The van der Waals surface area contributed by atoms with Gasteiger partial charge in [-0.25, -0.2) is 18.4 Å². The van der Waals surface area contributed by atoms with Crippen molar-refractivity contribution in [3.8, 4) is 0 Å². The summed E-state index contributed by atoms with van der Waals surface area (Å²) in [6.45, 7) is 2.75. The fraction of sp³-hybridized carbons (Fsp3) is 0.727. The van der Waals surface area contributed by atoms with Crippen LogP contribution < -0.4 is 5.32 Å². The van der Waals surface area contributed by atoms with Crippen LogP contribution in [0.2, 0.25) is 0 Å². The van der Waals surface area contributed by atoms with Crippen LogP contribution in [0.4, 0.5) is 8.78 Å². The second-order valence-corrected chi connectivity index (χ2v) is 5.05. The molecule has 0 saturated carbocycles. The number of fused-ring (bicyclic) bond motifs is 1. The number of amides is 1. The lowest BCUT2D eigenvalue weighted by Crippen LogP contribution is -2.46. The highest BCUT2D eigenvalue weighted by molar-refractivity contribution is 5.82. The Labute approximate surface area is 108 Å². The van der Waals surface area contributed by atoms with Crippen LogP contribution in [0.25, 0.3) is 0 Å². The maximum Gasteiger partial charge on any atom is 0.262 e. The van der Waals surface area contributed by atoms with Gasteiger partial charge in [0.25, 0.3) is 5.92 Å². The largest absolute Gasteiger partial charge is 0.332 e. The molecule has 0 aromatic carbocycles. The summed E-state index contributed by atoms with van der Waals surface area (Å²) in [7, 11) is 0. The van der Waals surface area contributed by atoms with E-state index in [-0.39, 0.29) is 5.91 Å². The topological polar surface area (TPSA) is 63.1 Å². The van der Waals surface area contributed by atoms with E-state index in [4.69, 9.17) is 0 Å². The average Bonchev–Trinajstić information content (AvgIpc) is 2.88. The number of carbonyl (C=O) groups excluding carboxylic acids is 1. The lowest BCUT2D eigenvalue weighted by molar-refractivity contribution is -0.135. The monoisotopic (exact) mass is 271 g/mol. The number of carbonyl (C=O) groups is 1. The first-order chi connectivity index (χ1) is 8.94. The van der Waals surface area contributed by atoms with Gasteiger partial charge in [0.1, 0.15) is 11.6 Å². The van der Waals surface area contributed by atoms with E-state index in [9.17, 15) is 13.6 Å². The number of aryl methyl sites for hydroxylation is 1. The Hall–Kier alpha value is -1.57. The summed E-state index contributed by atoms with van der Waals surface area (Å²) < 4.78 is 28.0. The Kier molecular flexibility index (Phi) is 2.77. The molecule has 19 heavy (non-hydrogen) atoms. The van der Waals surface area contributed by atoms with Gasteiger partial charge in [0, 0.05) is 13.0 Å². The van der Waals surface area contributed by atoms with Crippen LogP contribution in [0.5, 0.6) is 0 Å². The van der Waals surface area contributed by atoms with E-state index >= 15 is 0 Å². The van der Waals surface area contributed by atoms with Crippen LogP contribution in [0, 0.1) is 6.92 Å². The lowest BCUT2D eigenvalue weighted by atomic mass is 10.1. The van der Waals surface area contributed by atoms with Gasteiger partial charge in [-0.05, 0) is 6.92 Å². The van der Waals surface area contributed by atoms with Crippen LogP contribution >= 0.6 is 0 Å². The number of hydrogen-bond donors (Lipinski definition) is 1. The minimum absolute atomic E-state index is 0.274. The summed E-state index contributed by atoms with van der Waals surface area (Å²) in [6.07, 6.45) is -0.423. The van der Waals surface area contributed by atoms with E-state index in [0.29, 0.717) is 31.3 Å². The van der Waals surface area contributed by atoms with Crippen LogP contribution in [0.1, 0.15) is 18.1 Å². The fourth-order valence-electron chi connectivity index (χ4n) is 2.56. The zero-order valence-corrected chi connectivity index (χ0v) is 10.6. The molecule has 0 aliphatic carbocycles. The van der Waals surface area contributed by atoms with E-state index in [1.807, 2.05) is 0 Å². The molecule has 8 heteroatoms. The van der Waals surface area contributed by atoms with Gasteiger partial charge in [0.15, 0.2) is 0 Å². The Morgan fingerprint density at radius 2 is 2.26 bits per heavy atom. The Balaban J connectivity index is 1.69. The molecule has 1 atom stereocenters. The number of rotatable bonds is 1. The molecule has 2 aliphatic heterocycles. The Morgan fingerprint density at radius 3 is 2.95 bits per heavy atom. The highest BCUT2D eigenvalue weighted by atomic mass is 19.3. The summed E-state index contributed by atoms with van der Waals surface area (Å²) in [6, 6.07) is -0.787. The van der Waals surface area contributed by atoms with Crippen molar-refractivity contribution in [3.05, 3.63) is 11.6 Å². The molecule has 2 aliphatic rings. The quantitative estimate of drug-likeness (QED) is 0.776. The standard InChI is InChI=1S/C11H15F2N5O/c1-7-15-9-5-17(2-3-18(9)16-7)10(19)8-4-11(12,13)6-14-8/h8,14H,2-6H2,1H3. The van der Waals surface area contributed by atoms with Crippen LogP contribution in [0.3, 0.4) is 0 Å². The molecule has 0 spiro atoms. The summed E-state index contributed by atoms with van der Waals surface area (Å²) in [5, 5.41) is 6.79. The number of aromatic nitrogens is 3. The average molecular weight is 271 g/mol. The first kappa shape index (κ1) is 12.5. The van der Waals surface area contributed by atoms with Gasteiger partial charge in [-0.3, -0.25) is 10.1 Å². The number of halogens is 2. The maximum atomic E-state index is 13.1. The second kappa shape index (κ2) is 4.22. The first-order valence-electron chi connectivity index (χ1n) is 6.25. The molecule has 0 bridgehead atoms. The predicted molar refractivity (Wildman–Crippen MR) is 61.5 cm³/mol. The van der Waals surface area contributed by atoms with Crippen molar-refractivity contribution in [2.24, 2.45) is 0 Å². The van der Waals surface area contributed by atoms with Crippen LogP contribution in [0.15, 0.2) is 0 Å². The first-order valence-corrected chi connectivity index (χ1v) is 6.25. The van der Waals surface area contributed by atoms with Gasteiger partial charge in [-0.2, -0.15) is 5.10 Å². The van der Waals surface area contributed by atoms with Gasteiger partial charge in [0.05, 0.1) is 25.7 Å². The summed E-state index contributed by atoms with van der Waals surface area (Å²) in [5.41, 5.74) is 0. The molecule has 1 unspecified atom stereocenters. The molecule has 3 heterocycles. The number of hydrogen-bond acceptors (Lipinski definition) is 4. The van der Waals surface area contributed by atoms with E-state index in [1.54, 1.807) is 16.5 Å². The van der Waals surface area contributed by atoms with Crippen molar-refractivity contribution in [1.29, 1.82) is 0 Å². The van der Waals surface area contributed by atoms with Gasteiger partial charge in [-0.15, -0.1) is 0 Å². The van der Waals surface area contributed by atoms with Gasteiger partial charge in [0.2, 0.25) is 5.91 Å². The Bertz CT molecular complexity index is 515. The summed E-state index contributed by atoms with van der Waals surface area (Å²) in [5.74, 6) is -1.69.